The third kappa shape index (κ3) is 5.56. The summed E-state index contributed by atoms with van der Waals surface area (Å²) in [6.07, 6.45) is 2.28. The summed E-state index contributed by atoms with van der Waals surface area (Å²) < 4.78 is 5.54. The maximum absolute atomic E-state index is 13.3. The highest BCUT2D eigenvalue weighted by Gasteiger charge is 2.40. The lowest BCUT2D eigenvalue weighted by Gasteiger charge is -2.46. The van der Waals surface area contributed by atoms with Gasteiger partial charge in [0.2, 0.25) is 5.91 Å². The van der Waals surface area contributed by atoms with Crippen molar-refractivity contribution in [1.82, 2.24) is 9.80 Å². The Bertz CT molecular complexity index is 749. The van der Waals surface area contributed by atoms with E-state index in [-0.39, 0.29) is 24.1 Å². The molecule has 3 unspecified atom stereocenters. The number of piperidine rings is 2. The Morgan fingerprint density at radius 1 is 1.24 bits per heavy atom. The van der Waals surface area contributed by atoms with Crippen LogP contribution in [0.4, 0.5) is 10.5 Å². The molecule has 1 N–H and O–H groups in total. The number of rotatable bonds is 3. The molecule has 0 saturated carbocycles. The molecule has 2 aliphatic heterocycles. The van der Waals surface area contributed by atoms with Crippen molar-refractivity contribution in [2.24, 2.45) is 5.92 Å². The standard InChI is InChI=1S/C22H32ClN3O3/c1-15-10-12-25(21(28)29-22(2,3)4)14-19(15)26-11-6-9-18(20(26)27)24-17-8-5-7-16(23)13-17/h5,7-8,13,15,18-19,24H,6,9-12,14H2,1-4H3. The summed E-state index contributed by atoms with van der Waals surface area (Å²) in [6, 6.07) is 7.18. The topological polar surface area (TPSA) is 61.9 Å². The second-order valence-electron chi connectivity index (χ2n) is 9.14. The molecule has 0 aromatic heterocycles. The van der Waals surface area contributed by atoms with Crippen molar-refractivity contribution in [3.63, 3.8) is 0 Å². The molecule has 0 radical (unpaired) electrons. The number of halogens is 1. The first-order valence-corrected chi connectivity index (χ1v) is 10.8. The van der Waals surface area contributed by atoms with Gasteiger partial charge in [-0.05, 0) is 64.2 Å². The molecule has 2 heterocycles. The smallest absolute Gasteiger partial charge is 0.410 e. The lowest BCUT2D eigenvalue weighted by atomic mass is 9.90. The van der Waals surface area contributed by atoms with Gasteiger partial charge in [-0.15, -0.1) is 0 Å². The predicted molar refractivity (Wildman–Crippen MR) is 115 cm³/mol. The van der Waals surface area contributed by atoms with Crippen molar-refractivity contribution in [3.05, 3.63) is 29.3 Å². The van der Waals surface area contributed by atoms with Gasteiger partial charge in [0.15, 0.2) is 0 Å². The number of carbonyl (C=O) groups excluding carboxylic acids is 2. The molecule has 3 rings (SSSR count). The zero-order chi connectivity index (χ0) is 21.2. The molecule has 0 aliphatic carbocycles. The lowest BCUT2D eigenvalue weighted by Crippen LogP contribution is -2.60. The number of likely N-dealkylation sites (tertiary alicyclic amines) is 2. The molecule has 0 spiro atoms. The van der Waals surface area contributed by atoms with Crippen molar-refractivity contribution in [3.8, 4) is 0 Å². The number of ether oxygens (including phenoxy) is 1. The number of benzene rings is 1. The van der Waals surface area contributed by atoms with E-state index in [1.54, 1.807) is 4.90 Å². The van der Waals surface area contributed by atoms with Crippen LogP contribution in [0.1, 0.15) is 47.0 Å². The van der Waals surface area contributed by atoms with Crippen LogP contribution in [-0.4, -0.2) is 59.1 Å². The van der Waals surface area contributed by atoms with Crippen molar-refractivity contribution < 1.29 is 14.3 Å². The summed E-state index contributed by atoms with van der Waals surface area (Å²) in [5, 5.41) is 3.98. The van der Waals surface area contributed by atoms with Gasteiger partial charge in [-0.1, -0.05) is 24.6 Å². The van der Waals surface area contributed by atoms with E-state index in [4.69, 9.17) is 16.3 Å². The maximum Gasteiger partial charge on any atom is 0.410 e. The second kappa shape index (κ2) is 8.82. The van der Waals surface area contributed by atoms with Crippen LogP contribution in [-0.2, 0) is 9.53 Å². The molecular formula is C22H32ClN3O3. The van der Waals surface area contributed by atoms with Crippen LogP contribution in [0.25, 0.3) is 0 Å². The minimum Gasteiger partial charge on any atom is -0.444 e. The fraction of sp³-hybridized carbons (Fsp3) is 0.636. The molecule has 2 fully saturated rings. The Morgan fingerprint density at radius 3 is 2.69 bits per heavy atom. The van der Waals surface area contributed by atoms with E-state index < -0.39 is 5.60 Å². The molecule has 7 heteroatoms. The van der Waals surface area contributed by atoms with Crippen molar-refractivity contribution >= 4 is 29.3 Å². The number of nitrogens with one attached hydrogen (secondary N) is 1. The van der Waals surface area contributed by atoms with Crippen LogP contribution >= 0.6 is 11.6 Å². The monoisotopic (exact) mass is 421 g/mol. The van der Waals surface area contributed by atoms with Gasteiger partial charge in [0.1, 0.15) is 11.6 Å². The Morgan fingerprint density at radius 2 is 2.00 bits per heavy atom. The zero-order valence-electron chi connectivity index (χ0n) is 17.8. The Hall–Kier alpha value is -1.95. The average molecular weight is 422 g/mol. The van der Waals surface area contributed by atoms with Crippen molar-refractivity contribution in [2.45, 2.75) is 64.6 Å². The molecule has 160 valence electrons. The maximum atomic E-state index is 13.3. The van der Waals surface area contributed by atoms with Crippen LogP contribution in [0, 0.1) is 5.92 Å². The van der Waals surface area contributed by atoms with Gasteiger partial charge in [-0.25, -0.2) is 4.79 Å². The number of hydrogen-bond donors (Lipinski definition) is 1. The summed E-state index contributed by atoms with van der Waals surface area (Å²) in [4.78, 5) is 29.5. The first kappa shape index (κ1) is 21.8. The molecule has 1 aromatic rings. The van der Waals surface area contributed by atoms with E-state index in [1.807, 2.05) is 49.9 Å². The van der Waals surface area contributed by atoms with E-state index in [9.17, 15) is 9.59 Å². The number of carbonyl (C=O) groups is 2. The van der Waals surface area contributed by atoms with Gasteiger partial charge >= 0.3 is 6.09 Å². The minimum absolute atomic E-state index is 0.00716. The SMILES string of the molecule is CC1CCN(C(=O)OC(C)(C)C)CC1N1CCCC(Nc2cccc(Cl)c2)C1=O. The summed E-state index contributed by atoms with van der Waals surface area (Å²) in [7, 11) is 0. The molecular weight excluding hydrogens is 390 g/mol. The lowest BCUT2D eigenvalue weighted by molar-refractivity contribution is -0.139. The predicted octanol–water partition coefficient (Wildman–Crippen LogP) is 4.39. The Kier molecular flexibility index (Phi) is 6.62. The number of nitrogens with zero attached hydrogens (tertiary/aromatic N) is 2. The number of anilines is 1. The summed E-state index contributed by atoms with van der Waals surface area (Å²) in [5.41, 5.74) is 0.326. The summed E-state index contributed by atoms with van der Waals surface area (Å²) >= 11 is 6.08. The average Bonchev–Trinajstić information content (AvgIpc) is 2.63. The highest BCUT2D eigenvalue weighted by atomic mass is 35.5. The Labute approximate surface area is 178 Å². The fourth-order valence-electron chi connectivity index (χ4n) is 4.09. The first-order chi connectivity index (χ1) is 13.6. The van der Waals surface area contributed by atoms with Gasteiger partial charge in [-0.3, -0.25) is 4.79 Å². The summed E-state index contributed by atoms with van der Waals surface area (Å²) in [6.45, 7) is 9.69. The normalized spacial score (nSPS) is 25.7. The van der Waals surface area contributed by atoms with Gasteiger partial charge in [0, 0.05) is 30.3 Å². The molecule has 0 bridgehead atoms. The molecule has 29 heavy (non-hydrogen) atoms. The number of hydrogen-bond acceptors (Lipinski definition) is 4. The number of amides is 2. The molecule has 2 aliphatic rings. The van der Waals surface area contributed by atoms with E-state index in [1.165, 1.54) is 0 Å². The van der Waals surface area contributed by atoms with Crippen LogP contribution < -0.4 is 5.32 Å². The third-order valence-corrected chi connectivity index (χ3v) is 5.84. The van der Waals surface area contributed by atoms with E-state index in [0.29, 0.717) is 24.0 Å². The highest BCUT2D eigenvalue weighted by molar-refractivity contribution is 6.30. The quantitative estimate of drug-likeness (QED) is 0.786. The largest absolute Gasteiger partial charge is 0.444 e. The van der Waals surface area contributed by atoms with Crippen molar-refractivity contribution in [2.75, 3.05) is 25.0 Å². The highest BCUT2D eigenvalue weighted by Crippen LogP contribution is 2.28. The van der Waals surface area contributed by atoms with E-state index >= 15 is 0 Å². The van der Waals surface area contributed by atoms with Gasteiger partial charge in [-0.2, -0.15) is 0 Å². The molecule has 1 aromatic carbocycles. The van der Waals surface area contributed by atoms with Gasteiger partial charge in [0.25, 0.3) is 0 Å². The fourth-order valence-corrected chi connectivity index (χ4v) is 4.28. The van der Waals surface area contributed by atoms with Crippen LogP contribution in [0.3, 0.4) is 0 Å². The van der Waals surface area contributed by atoms with Crippen molar-refractivity contribution in [1.29, 1.82) is 0 Å². The van der Waals surface area contributed by atoms with Gasteiger partial charge < -0.3 is 19.9 Å². The van der Waals surface area contributed by atoms with Crippen LogP contribution in [0.5, 0.6) is 0 Å². The van der Waals surface area contributed by atoms with E-state index in [0.717, 1.165) is 31.5 Å². The first-order valence-electron chi connectivity index (χ1n) is 10.4. The van der Waals surface area contributed by atoms with E-state index in [2.05, 4.69) is 12.2 Å². The summed E-state index contributed by atoms with van der Waals surface area (Å²) in [5.74, 6) is 0.432. The molecule has 2 amide bonds. The Balaban J connectivity index is 1.68. The van der Waals surface area contributed by atoms with Crippen LogP contribution in [0.2, 0.25) is 5.02 Å². The molecule has 3 atom stereocenters. The van der Waals surface area contributed by atoms with Gasteiger partial charge in [0.05, 0.1) is 6.04 Å². The minimum atomic E-state index is -0.525. The van der Waals surface area contributed by atoms with Crippen LogP contribution in [0.15, 0.2) is 24.3 Å². The zero-order valence-corrected chi connectivity index (χ0v) is 18.5. The second-order valence-corrected chi connectivity index (χ2v) is 9.58. The molecule has 2 saturated heterocycles. The third-order valence-electron chi connectivity index (χ3n) is 5.61. The molecule has 6 nitrogen and oxygen atoms in total.